The average molecular weight is 224 g/mol. The number of unbranched alkanes of at least 4 members (excludes halogenated alkanes) is 1. The molecular weight excluding hydrogens is 208 g/mol. The van der Waals surface area contributed by atoms with Crippen molar-refractivity contribution in [1.82, 2.24) is 0 Å². The van der Waals surface area contributed by atoms with Crippen LogP contribution in [0.5, 0.6) is 0 Å². The summed E-state index contributed by atoms with van der Waals surface area (Å²) in [5, 5.41) is 8.60. The number of rotatable bonds is 5. The fraction of sp³-hybridized carbons (Fsp3) is 0.875. The molecule has 1 atom stereocenters. The smallest absolute Gasteiger partial charge is 2.00 e. The Balaban J connectivity index is -0.000000135. The van der Waals surface area contributed by atoms with Crippen LogP contribution in [-0.2, 0) is 37.5 Å². The quantitative estimate of drug-likeness (QED) is 0.723. The van der Waals surface area contributed by atoms with Gasteiger partial charge in [0.1, 0.15) is 0 Å². The summed E-state index contributed by atoms with van der Waals surface area (Å²) < 4.78 is 0. The predicted octanol–water partition coefficient (Wildman–Crippen LogP) is 2.05. The first-order valence-corrected chi connectivity index (χ1v) is 3.95. The van der Waals surface area contributed by atoms with Gasteiger partial charge in [0.2, 0.25) is 0 Å². The van der Waals surface area contributed by atoms with Crippen molar-refractivity contribution < 1.29 is 42.6 Å². The standard InChI is InChI=1S/C8H16O2.2O.Ti/c1-3-5-6-7(4-2)8(9)10;;;/h7H,3-6H2,1-2H3,(H,9,10);;;/q;2*-2;+4. The summed E-state index contributed by atoms with van der Waals surface area (Å²) in [6.07, 6.45) is 3.71. The van der Waals surface area contributed by atoms with Gasteiger partial charge in [-0.1, -0.05) is 26.7 Å². The van der Waals surface area contributed by atoms with E-state index in [1.165, 1.54) is 0 Å². The van der Waals surface area contributed by atoms with Crippen LogP contribution < -0.4 is 0 Å². The van der Waals surface area contributed by atoms with E-state index in [9.17, 15) is 4.79 Å². The summed E-state index contributed by atoms with van der Waals surface area (Å²) in [5.41, 5.74) is 0. The second kappa shape index (κ2) is 14.6. The van der Waals surface area contributed by atoms with E-state index in [1.54, 1.807) is 0 Å². The van der Waals surface area contributed by atoms with Gasteiger partial charge in [0.25, 0.3) is 0 Å². The molecule has 13 heavy (non-hydrogen) atoms. The third-order valence-electron chi connectivity index (χ3n) is 1.75. The van der Waals surface area contributed by atoms with Crippen molar-refractivity contribution in [1.29, 1.82) is 0 Å². The monoisotopic (exact) mass is 224 g/mol. The summed E-state index contributed by atoms with van der Waals surface area (Å²) in [6.45, 7) is 4.00. The van der Waals surface area contributed by atoms with E-state index < -0.39 is 5.97 Å². The summed E-state index contributed by atoms with van der Waals surface area (Å²) in [6, 6.07) is 0. The number of hydrogen-bond donors (Lipinski definition) is 1. The van der Waals surface area contributed by atoms with Crippen molar-refractivity contribution in [2.24, 2.45) is 5.92 Å². The molecule has 0 rings (SSSR count). The SMILES string of the molecule is CCCCC(CC)C(=O)O.[O-2].[O-2].[Ti+4]. The fourth-order valence-corrected chi connectivity index (χ4v) is 0.953. The van der Waals surface area contributed by atoms with Crippen molar-refractivity contribution >= 4 is 5.97 Å². The van der Waals surface area contributed by atoms with Gasteiger partial charge in [-0.05, 0) is 12.8 Å². The molecule has 0 aromatic heterocycles. The molecule has 0 saturated carbocycles. The van der Waals surface area contributed by atoms with Gasteiger partial charge in [-0.2, -0.15) is 0 Å². The number of carboxylic acid groups (broad SMARTS) is 1. The third kappa shape index (κ3) is 12.1. The second-order valence-corrected chi connectivity index (χ2v) is 2.59. The molecule has 0 aliphatic heterocycles. The van der Waals surface area contributed by atoms with Crippen molar-refractivity contribution in [3.63, 3.8) is 0 Å². The van der Waals surface area contributed by atoms with E-state index in [4.69, 9.17) is 5.11 Å². The summed E-state index contributed by atoms with van der Waals surface area (Å²) in [4.78, 5) is 10.4. The summed E-state index contributed by atoms with van der Waals surface area (Å²) in [7, 11) is 0. The van der Waals surface area contributed by atoms with Crippen LogP contribution in [0.25, 0.3) is 0 Å². The summed E-state index contributed by atoms with van der Waals surface area (Å²) >= 11 is 0. The molecule has 1 unspecified atom stereocenters. The van der Waals surface area contributed by atoms with Crippen LogP contribution in [0.15, 0.2) is 0 Å². The van der Waals surface area contributed by atoms with E-state index in [0.717, 1.165) is 25.7 Å². The van der Waals surface area contributed by atoms with Crippen LogP contribution in [0.3, 0.4) is 0 Å². The Bertz CT molecular complexity index is 108. The van der Waals surface area contributed by atoms with Crippen molar-refractivity contribution in [3.8, 4) is 0 Å². The molecule has 0 bridgehead atoms. The van der Waals surface area contributed by atoms with Crippen molar-refractivity contribution in [2.75, 3.05) is 0 Å². The molecule has 0 aromatic rings. The van der Waals surface area contributed by atoms with Crippen LogP contribution in [-0.4, -0.2) is 11.1 Å². The molecule has 1 N–H and O–H groups in total. The topological polar surface area (TPSA) is 94.3 Å². The van der Waals surface area contributed by atoms with Crippen molar-refractivity contribution in [2.45, 2.75) is 39.5 Å². The molecule has 0 heterocycles. The Hall–Kier alpha value is 0.104. The zero-order valence-corrected chi connectivity index (χ0v) is 9.64. The van der Waals surface area contributed by atoms with Crippen LogP contribution >= 0.6 is 0 Å². The van der Waals surface area contributed by atoms with E-state index in [1.807, 2.05) is 6.92 Å². The number of carbonyl (C=O) groups is 1. The van der Waals surface area contributed by atoms with E-state index >= 15 is 0 Å². The van der Waals surface area contributed by atoms with Gasteiger partial charge in [-0.3, -0.25) is 4.79 Å². The Kier molecular flexibility index (Phi) is 26.0. The zero-order valence-electron chi connectivity index (χ0n) is 8.08. The number of carboxylic acids is 1. The van der Waals surface area contributed by atoms with Gasteiger partial charge < -0.3 is 16.1 Å². The van der Waals surface area contributed by atoms with Crippen molar-refractivity contribution in [3.05, 3.63) is 0 Å². The number of aliphatic carboxylic acids is 1. The normalized spacial score (nSPS) is 10.0. The first-order valence-electron chi connectivity index (χ1n) is 3.95. The largest absolute Gasteiger partial charge is 4.00 e. The molecule has 76 valence electrons. The number of hydrogen-bond acceptors (Lipinski definition) is 1. The molecule has 0 radical (unpaired) electrons. The molecule has 4 nitrogen and oxygen atoms in total. The molecule has 0 saturated heterocycles. The zero-order chi connectivity index (χ0) is 7.98. The summed E-state index contributed by atoms with van der Waals surface area (Å²) in [5.74, 6) is -0.754. The third-order valence-corrected chi connectivity index (χ3v) is 1.75. The van der Waals surface area contributed by atoms with Gasteiger partial charge in [-0.15, -0.1) is 0 Å². The first kappa shape index (κ1) is 23.2. The van der Waals surface area contributed by atoms with Crippen LogP contribution in [0.2, 0.25) is 0 Å². The fourth-order valence-electron chi connectivity index (χ4n) is 0.953. The molecule has 5 heteroatoms. The second-order valence-electron chi connectivity index (χ2n) is 2.59. The predicted molar refractivity (Wildman–Crippen MR) is 42.3 cm³/mol. The van der Waals surface area contributed by atoms with Crippen LogP contribution in [0, 0.1) is 5.92 Å². The Morgan fingerprint density at radius 3 is 2.00 bits per heavy atom. The van der Waals surface area contributed by atoms with Gasteiger partial charge in [0.05, 0.1) is 5.92 Å². The minimum atomic E-state index is -0.643. The molecular formula is C8H16O4Ti. The Morgan fingerprint density at radius 1 is 1.31 bits per heavy atom. The van der Waals surface area contributed by atoms with Crippen LogP contribution in [0.4, 0.5) is 0 Å². The maximum absolute atomic E-state index is 10.4. The Morgan fingerprint density at radius 2 is 1.77 bits per heavy atom. The van der Waals surface area contributed by atoms with E-state index in [0.29, 0.717) is 0 Å². The maximum atomic E-state index is 10.4. The van der Waals surface area contributed by atoms with Gasteiger partial charge >= 0.3 is 27.7 Å². The molecule has 0 amide bonds. The van der Waals surface area contributed by atoms with Gasteiger partial charge in [-0.25, -0.2) is 0 Å². The van der Waals surface area contributed by atoms with Crippen LogP contribution in [0.1, 0.15) is 39.5 Å². The van der Waals surface area contributed by atoms with E-state index in [2.05, 4.69) is 6.92 Å². The maximum Gasteiger partial charge on any atom is 4.00 e. The molecule has 0 spiro atoms. The molecule has 0 aliphatic carbocycles. The average Bonchev–Trinajstić information content (AvgIpc) is 1.89. The minimum Gasteiger partial charge on any atom is -2.00 e. The molecule has 0 aliphatic rings. The van der Waals surface area contributed by atoms with Gasteiger partial charge in [0, 0.05) is 0 Å². The van der Waals surface area contributed by atoms with E-state index in [-0.39, 0.29) is 38.6 Å². The first-order chi connectivity index (χ1) is 4.72. The molecule has 0 fully saturated rings. The minimum absolute atomic E-state index is 0. The van der Waals surface area contributed by atoms with Gasteiger partial charge in [0.15, 0.2) is 0 Å². The Labute approximate surface area is 94.2 Å². The molecule has 0 aromatic carbocycles.